The standard InChI is InChI=1S/C10H8FNO2/c1-5-3-6-7(4-8(5)11)10(14)12(2)9(6)13/h3-4H,1-2H3. The highest BCUT2D eigenvalue weighted by Gasteiger charge is 2.33. The van der Waals surface area contributed by atoms with Crippen molar-refractivity contribution in [3.63, 3.8) is 0 Å². The maximum atomic E-state index is 13.1. The molecular weight excluding hydrogens is 185 g/mol. The smallest absolute Gasteiger partial charge is 0.261 e. The molecule has 0 aliphatic carbocycles. The van der Waals surface area contributed by atoms with E-state index in [0.717, 1.165) is 11.0 Å². The van der Waals surface area contributed by atoms with Crippen LogP contribution in [0, 0.1) is 12.7 Å². The van der Waals surface area contributed by atoms with Crippen molar-refractivity contribution in [2.24, 2.45) is 0 Å². The van der Waals surface area contributed by atoms with Crippen LogP contribution in [-0.2, 0) is 0 Å². The van der Waals surface area contributed by atoms with Gasteiger partial charge in [-0.25, -0.2) is 4.39 Å². The van der Waals surface area contributed by atoms with Crippen LogP contribution in [-0.4, -0.2) is 23.8 Å². The molecule has 1 aromatic rings. The van der Waals surface area contributed by atoms with E-state index < -0.39 is 11.7 Å². The Morgan fingerprint density at radius 1 is 1.14 bits per heavy atom. The van der Waals surface area contributed by atoms with Crippen LogP contribution in [0.3, 0.4) is 0 Å². The molecule has 0 bridgehead atoms. The predicted molar refractivity (Wildman–Crippen MR) is 47.6 cm³/mol. The van der Waals surface area contributed by atoms with Crippen LogP contribution in [0.5, 0.6) is 0 Å². The zero-order chi connectivity index (χ0) is 10.5. The zero-order valence-corrected chi connectivity index (χ0v) is 7.80. The summed E-state index contributed by atoms with van der Waals surface area (Å²) in [4.78, 5) is 23.9. The Morgan fingerprint density at radius 2 is 1.64 bits per heavy atom. The maximum Gasteiger partial charge on any atom is 0.261 e. The molecule has 0 N–H and O–H groups in total. The van der Waals surface area contributed by atoms with E-state index in [0.29, 0.717) is 5.56 Å². The average molecular weight is 193 g/mol. The quantitative estimate of drug-likeness (QED) is 0.583. The zero-order valence-electron chi connectivity index (χ0n) is 7.80. The first kappa shape index (κ1) is 8.87. The molecule has 0 saturated heterocycles. The van der Waals surface area contributed by atoms with Crippen LogP contribution in [0.2, 0.25) is 0 Å². The summed E-state index contributed by atoms with van der Waals surface area (Å²) in [7, 11) is 1.39. The Kier molecular flexibility index (Phi) is 1.67. The van der Waals surface area contributed by atoms with Gasteiger partial charge in [-0.1, -0.05) is 0 Å². The second-order valence-corrected chi connectivity index (χ2v) is 3.32. The normalized spacial score (nSPS) is 14.9. The van der Waals surface area contributed by atoms with Gasteiger partial charge in [0.2, 0.25) is 0 Å². The third-order valence-electron chi connectivity index (χ3n) is 2.37. The van der Waals surface area contributed by atoms with E-state index in [1.807, 2.05) is 0 Å². The number of fused-ring (bicyclic) bond motifs is 1. The van der Waals surface area contributed by atoms with Gasteiger partial charge >= 0.3 is 0 Å². The van der Waals surface area contributed by atoms with Crippen molar-refractivity contribution in [3.05, 3.63) is 34.6 Å². The summed E-state index contributed by atoms with van der Waals surface area (Å²) in [5.41, 5.74) is 0.817. The molecule has 4 heteroatoms. The summed E-state index contributed by atoms with van der Waals surface area (Å²) in [6.45, 7) is 1.56. The first-order chi connectivity index (χ1) is 6.52. The first-order valence-electron chi connectivity index (χ1n) is 4.15. The number of imide groups is 1. The molecule has 1 aliphatic heterocycles. The van der Waals surface area contributed by atoms with E-state index in [4.69, 9.17) is 0 Å². The minimum atomic E-state index is -0.458. The molecule has 72 valence electrons. The molecule has 0 aromatic heterocycles. The van der Waals surface area contributed by atoms with Crippen LogP contribution in [0.4, 0.5) is 4.39 Å². The monoisotopic (exact) mass is 193 g/mol. The Balaban J connectivity index is 2.71. The summed E-state index contributed by atoms with van der Waals surface area (Å²) >= 11 is 0. The van der Waals surface area contributed by atoms with E-state index in [-0.39, 0.29) is 17.0 Å². The van der Waals surface area contributed by atoms with Gasteiger partial charge in [0.1, 0.15) is 5.82 Å². The van der Waals surface area contributed by atoms with Gasteiger partial charge in [0.05, 0.1) is 11.1 Å². The number of benzene rings is 1. The highest BCUT2D eigenvalue weighted by Crippen LogP contribution is 2.24. The van der Waals surface area contributed by atoms with E-state index in [2.05, 4.69) is 0 Å². The fourth-order valence-electron chi connectivity index (χ4n) is 1.49. The number of carbonyl (C=O) groups is 2. The van der Waals surface area contributed by atoms with Crippen LogP contribution < -0.4 is 0 Å². The summed E-state index contributed by atoms with van der Waals surface area (Å²) < 4.78 is 13.1. The van der Waals surface area contributed by atoms with Gasteiger partial charge in [-0.15, -0.1) is 0 Å². The van der Waals surface area contributed by atoms with E-state index in [1.54, 1.807) is 6.92 Å². The molecule has 1 aliphatic rings. The minimum absolute atomic E-state index is 0.153. The van der Waals surface area contributed by atoms with Crippen molar-refractivity contribution in [1.82, 2.24) is 4.90 Å². The molecular formula is C10H8FNO2. The highest BCUT2D eigenvalue weighted by molar-refractivity contribution is 6.21. The van der Waals surface area contributed by atoms with Crippen molar-refractivity contribution in [2.75, 3.05) is 7.05 Å². The SMILES string of the molecule is Cc1cc2c(cc1F)C(=O)N(C)C2=O. The van der Waals surface area contributed by atoms with Gasteiger partial charge in [0, 0.05) is 7.05 Å². The molecule has 0 saturated carbocycles. The third kappa shape index (κ3) is 0.968. The molecule has 1 aromatic carbocycles. The Bertz CT molecular complexity index is 413. The molecule has 0 spiro atoms. The lowest BCUT2D eigenvalue weighted by molar-refractivity contribution is 0.0693. The number of rotatable bonds is 0. The van der Waals surface area contributed by atoms with Gasteiger partial charge in [0.15, 0.2) is 0 Å². The topological polar surface area (TPSA) is 37.4 Å². The van der Waals surface area contributed by atoms with Crippen molar-refractivity contribution in [3.8, 4) is 0 Å². The number of halogens is 1. The fraction of sp³-hybridized carbons (Fsp3) is 0.200. The van der Waals surface area contributed by atoms with Gasteiger partial charge in [-0.05, 0) is 24.6 Å². The fourth-order valence-corrected chi connectivity index (χ4v) is 1.49. The number of amides is 2. The molecule has 0 atom stereocenters. The summed E-state index contributed by atoms with van der Waals surface area (Å²) in [5, 5.41) is 0. The van der Waals surface area contributed by atoms with Crippen molar-refractivity contribution in [2.45, 2.75) is 6.92 Å². The van der Waals surface area contributed by atoms with Crippen molar-refractivity contribution >= 4 is 11.8 Å². The lowest BCUT2D eigenvalue weighted by Gasteiger charge is -2.02. The summed E-state index contributed by atoms with van der Waals surface area (Å²) in [6.07, 6.45) is 0. The predicted octanol–water partition coefficient (Wildman–Crippen LogP) is 1.36. The molecule has 14 heavy (non-hydrogen) atoms. The highest BCUT2D eigenvalue weighted by atomic mass is 19.1. The third-order valence-corrected chi connectivity index (χ3v) is 2.37. The molecule has 0 radical (unpaired) electrons. The Hall–Kier alpha value is -1.71. The number of hydrogen-bond acceptors (Lipinski definition) is 2. The molecule has 0 fully saturated rings. The van der Waals surface area contributed by atoms with Gasteiger partial charge in [0.25, 0.3) is 11.8 Å². The lowest BCUT2D eigenvalue weighted by Crippen LogP contribution is -2.24. The van der Waals surface area contributed by atoms with Gasteiger partial charge < -0.3 is 0 Å². The molecule has 2 rings (SSSR count). The molecule has 0 unspecified atom stereocenters. The second kappa shape index (κ2) is 2.64. The summed E-state index contributed by atoms with van der Waals surface area (Å²) in [6, 6.07) is 2.53. The Labute approximate surface area is 80.1 Å². The van der Waals surface area contributed by atoms with Crippen molar-refractivity contribution in [1.29, 1.82) is 0 Å². The van der Waals surface area contributed by atoms with E-state index >= 15 is 0 Å². The largest absolute Gasteiger partial charge is 0.277 e. The van der Waals surface area contributed by atoms with Crippen LogP contribution in [0.15, 0.2) is 12.1 Å². The van der Waals surface area contributed by atoms with Gasteiger partial charge in [-0.3, -0.25) is 14.5 Å². The Morgan fingerprint density at radius 3 is 2.21 bits per heavy atom. The van der Waals surface area contributed by atoms with Crippen LogP contribution >= 0.6 is 0 Å². The van der Waals surface area contributed by atoms with Crippen LogP contribution in [0.1, 0.15) is 26.3 Å². The minimum Gasteiger partial charge on any atom is -0.277 e. The number of nitrogens with zero attached hydrogens (tertiary/aromatic N) is 1. The van der Waals surface area contributed by atoms with Gasteiger partial charge in [-0.2, -0.15) is 0 Å². The maximum absolute atomic E-state index is 13.1. The molecule has 1 heterocycles. The van der Waals surface area contributed by atoms with Crippen molar-refractivity contribution < 1.29 is 14.0 Å². The number of aryl methyl sites for hydroxylation is 1. The molecule has 2 amide bonds. The van der Waals surface area contributed by atoms with E-state index in [9.17, 15) is 14.0 Å². The lowest BCUT2D eigenvalue weighted by atomic mass is 10.1. The number of hydrogen-bond donors (Lipinski definition) is 0. The summed E-state index contributed by atoms with van der Waals surface area (Å²) in [5.74, 6) is -1.27. The average Bonchev–Trinajstić information content (AvgIpc) is 2.34. The molecule has 3 nitrogen and oxygen atoms in total. The van der Waals surface area contributed by atoms with Crippen LogP contribution in [0.25, 0.3) is 0 Å². The second-order valence-electron chi connectivity index (χ2n) is 3.32. The first-order valence-corrected chi connectivity index (χ1v) is 4.15. The number of carbonyl (C=O) groups excluding carboxylic acids is 2. The van der Waals surface area contributed by atoms with E-state index in [1.165, 1.54) is 13.1 Å².